The minimum Gasteiger partial charge on any atom is -0.480 e. The highest BCUT2D eigenvalue weighted by Gasteiger charge is 2.22. The summed E-state index contributed by atoms with van der Waals surface area (Å²) in [4.78, 5) is 57.7. The van der Waals surface area contributed by atoms with E-state index >= 15 is 0 Å². The molecule has 0 aromatic heterocycles. The molecule has 18 heteroatoms. The molecule has 1 heterocycles. The molecule has 0 radical (unpaired) electrons. The van der Waals surface area contributed by atoms with Crippen LogP contribution in [0.3, 0.4) is 0 Å². The van der Waals surface area contributed by atoms with Crippen molar-refractivity contribution in [2.45, 2.75) is 25.7 Å². The van der Waals surface area contributed by atoms with Crippen LogP contribution in [0.4, 0.5) is 0 Å². The Hall–Kier alpha value is -3.07. The Morgan fingerprint density at radius 3 is 1.28 bits per heavy atom. The van der Waals surface area contributed by atoms with E-state index in [4.69, 9.17) is 43.0 Å². The average molecular weight is 722 g/mol. The standard InChI is InChI=1S/C32H55N3O15/c36-28(4-2-1-3-9-35-30(38)5-6-31(35)39)33-7-10-42-12-14-44-16-18-46-20-22-48-24-25-49-23-21-47-19-17-45-15-13-43-11-8-34-29(37)26-50-27-32(40)41/h5-6H,1-4,7-27H2,(H,33,36)(H,34,37)(H,40,41). The van der Waals surface area contributed by atoms with Gasteiger partial charge in [0.1, 0.15) is 13.2 Å². The monoisotopic (exact) mass is 721 g/mol. The topological polar surface area (TPSA) is 216 Å². The molecule has 0 unspecified atom stereocenters. The maximum atomic E-state index is 11.9. The van der Waals surface area contributed by atoms with Gasteiger partial charge in [-0.05, 0) is 12.8 Å². The first-order valence-corrected chi connectivity index (χ1v) is 16.9. The molecule has 1 aliphatic rings. The summed E-state index contributed by atoms with van der Waals surface area (Å²) in [5.74, 6) is -2.14. The molecule has 0 aromatic rings. The molecule has 1 aliphatic heterocycles. The third-order valence-corrected chi connectivity index (χ3v) is 6.39. The molecule has 0 bridgehead atoms. The van der Waals surface area contributed by atoms with Crippen LogP contribution in [0.25, 0.3) is 0 Å². The van der Waals surface area contributed by atoms with Crippen LogP contribution in [0.15, 0.2) is 12.2 Å². The molecular formula is C32H55N3O15. The average Bonchev–Trinajstić information content (AvgIpc) is 3.41. The highest BCUT2D eigenvalue weighted by molar-refractivity contribution is 6.12. The van der Waals surface area contributed by atoms with E-state index in [1.807, 2.05) is 0 Å². The summed E-state index contributed by atoms with van der Waals surface area (Å²) in [6.45, 7) is 6.99. The number of ether oxygens (including phenoxy) is 9. The predicted octanol–water partition coefficient (Wildman–Crippen LogP) is -1.06. The van der Waals surface area contributed by atoms with Crippen LogP contribution in [0.2, 0.25) is 0 Å². The molecule has 0 spiro atoms. The number of rotatable bonds is 37. The van der Waals surface area contributed by atoms with Crippen molar-refractivity contribution in [2.75, 3.05) is 139 Å². The molecular weight excluding hydrogens is 666 g/mol. The number of carbonyl (C=O) groups is 5. The quantitative estimate of drug-likeness (QED) is 0.0515. The Balaban J connectivity index is 1.67. The first-order chi connectivity index (χ1) is 24.4. The molecule has 0 atom stereocenters. The number of nitrogens with one attached hydrogen (secondary N) is 2. The molecule has 4 amide bonds. The Morgan fingerprint density at radius 2 is 0.880 bits per heavy atom. The summed E-state index contributed by atoms with van der Waals surface area (Å²) >= 11 is 0. The highest BCUT2D eigenvalue weighted by atomic mass is 16.6. The van der Waals surface area contributed by atoms with Crippen LogP contribution in [-0.4, -0.2) is 178 Å². The first kappa shape index (κ1) is 45.0. The van der Waals surface area contributed by atoms with E-state index < -0.39 is 18.5 Å². The lowest BCUT2D eigenvalue weighted by molar-refractivity contribution is -0.144. The van der Waals surface area contributed by atoms with Gasteiger partial charge < -0.3 is 58.4 Å². The third kappa shape index (κ3) is 28.7. The predicted molar refractivity (Wildman–Crippen MR) is 175 cm³/mol. The molecule has 0 saturated heterocycles. The van der Waals surface area contributed by atoms with Crippen molar-refractivity contribution in [2.24, 2.45) is 0 Å². The number of amides is 4. The second-order valence-corrected chi connectivity index (χ2v) is 10.5. The minimum absolute atomic E-state index is 0.0524. The molecule has 288 valence electrons. The third-order valence-electron chi connectivity index (χ3n) is 6.39. The van der Waals surface area contributed by atoms with Crippen LogP contribution >= 0.6 is 0 Å². The van der Waals surface area contributed by atoms with Crippen LogP contribution in [0.1, 0.15) is 25.7 Å². The van der Waals surface area contributed by atoms with E-state index in [9.17, 15) is 24.0 Å². The smallest absolute Gasteiger partial charge is 0.329 e. The van der Waals surface area contributed by atoms with Gasteiger partial charge in [-0.25, -0.2) is 4.79 Å². The van der Waals surface area contributed by atoms with Gasteiger partial charge in [0, 0.05) is 38.2 Å². The van der Waals surface area contributed by atoms with E-state index in [1.165, 1.54) is 17.1 Å². The van der Waals surface area contributed by atoms with Crippen molar-refractivity contribution in [1.29, 1.82) is 0 Å². The number of carboxylic acid groups (broad SMARTS) is 1. The zero-order valence-corrected chi connectivity index (χ0v) is 28.9. The number of hydrogen-bond donors (Lipinski definition) is 3. The van der Waals surface area contributed by atoms with Gasteiger partial charge in [0.2, 0.25) is 11.8 Å². The fraction of sp³-hybridized carbons (Fsp3) is 0.781. The van der Waals surface area contributed by atoms with E-state index in [0.29, 0.717) is 145 Å². The normalized spacial score (nSPS) is 12.6. The lowest BCUT2D eigenvalue weighted by Crippen LogP contribution is -2.31. The molecule has 50 heavy (non-hydrogen) atoms. The number of carbonyl (C=O) groups excluding carboxylic acids is 4. The fourth-order valence-electron chi connectivity index (χ4n) is 3.92. The van der Waals surface area contributed by atoms with E-state index in [1.54, 1.807) is 0 Å². The maximum Gasteiger partial charge on any atom is 0.329 e. The van der Waals surface area contributed by atoms with Gasteiger partial charge >= 0.3 is 5.97 Å². The summed E-state index contributed by atoms with van der Waals surface area (Å²) in [5.41, 5.74) is 0. The number of carboxylic acids is 1. The zero-order chi connectivity index (χ0) is 36.3. The van der Waals surface area contributed by atoms with Crippen LogP contribution in [0.5, 0.6) is 0 Å². The van der Waals surface area contributed by atoms with Crippen molar-refractivity contribution in [3.8, 4) is 0 Å². The number of imide groups is 1. The van der Waals surface area contributed by atoms with E-state index in [-0.39, 0.29) is 24.3 Å². The van der Waals surface area contributed by atoms with Gasteiger partial charge in [-0.15, -0.1) is 0 Å². The van der Waals surface area contributed by atoms with Crippen LogP contribution in [0, 0.1) is 0 Å². The van der Waals surface area contributed by atoms with Gasteiger partial charge in [0.15, 0.2) is 0 Å². The van der Waals surface area contributed by atoms with Crippen molar-refractivity contribution in [1.82, 2.24) is 15.5 Å². The van der Waals surface area contributed by atoms with Crippen molar-refractivity contribution in [3.05, 3.63) is 12.2 Å². The van der Waals surface area contributed by atoms with Gasteiger partial charge in [-0.3, -0.25) is 24.1 Å². The van der Waals surface area contributed by atoms with Crippen molar-refractivity contribution < 1.29 is 71.7 Å². The molecule has 0 saturated carbocycles. The van der Waals surface area contributed by atoms with E-state index in [2.05, 4.69) is 15.4 Å². The van der Waals surface area contributed by atoms with Gasteiger partial charge in [-0.1, -0.05) is 6.42 Å². The number of unbranched alkanes of at least 4 members (excludes halogenated alkanes) is 2. The van der Waals surface area contributed by atoms with Crippen molar-refractivity contribution in [3.63, 3.8) is 0 Å². The Labute approximate surface area is 293 Å². The Morgan fingerprint density at radius 1 is 0.500 bits per heavy atom. The van der Waals surface area contributed by atoms with Crippen LogP contribution < -0.4 is 10.6 Å². The second kappa shape index (κ2) is 33.1. The van der Waals surface area contributed by atoms with Gasteiger partial charge in [-0.2, -0.15) is 0 Å². The molecule has 1 rings (SSSR count). The Bertz CT molecular complexity index is 936. The molecule has 0 aromatic carbocycles. The summed E-state index contributed by atoms with van der Waals surface area (Å²) in [6, 6.07) is 0. The molecule has 3 N–H and O–H groups in total. The summed E-state index contributed by atoms with van der Waals surface area (Å²) in [5, 5.41) is 13.8. The molecule has 0 fully saturated rings. The SMILES string of the molecule is O=C(O)COCC(=O)NCCOCCOCCOCCOCCOCCOCCOCCOCCNC(=O)CCCCCN1C(=O)C=CC1=O. The number of nitrogens with zero attached hydrogens (tertiary/aromatic N) is 1. The summed E-state index contributed by atoms with van der Waals surface area (Å²) in [7, 11) is 0. The Kier molecular flexibility index (Phi) is 29.8. The minimum atomic E-state index is -1.13. The number of aliphatic carboxylic acids is 1. The lowest BCUT2D eigenvalue weighted by Gasteiger charge is -2.13. The summed E-state index contributed by atoms with van der Waals surface area (Å²) in [6.07, 6.45) is 5.06. The lowest BCUT2D eigenvalue weighted by atomic mass is 10.2. The van der Waals surface area contributed by atoms with Crippen LogP contribution in [-0.2, 0) is 66.6 Å². The van der Waals surface area contributed by atoms with E-state index in [0.717, 1.165) is 6.42 Å². The first-order valence-electron chi connectivity index (χ1n) is 16.9. The van der Waals surface area contributed by atoms with Gasteiger partial charge in [0.25, 0.3) is 11.8 Å². The zero-order valence-electron chi connectivity index (χ0n) is 28.9. The second-order valence-electron chi connectivity index (χ2n) is 10.5. The highest BCUT2D eigenvalue weighted by Crippen LogP contribution is 2.07. The summed E-state index contributed by atoms with van der Waals surface area (Å²) < 4.78 is 48.0. The maximum absolute atomic E-state index is 11.9. The number of hydrogen-bond acceptors (Lipinski definition) is 14. The largest absolute Gasteiger partial charge is 0.480 e. The van der Waals surface area contributed by atoms with Gasteiger partial charge in [0.05, 0.1) is 106 Å². The fourth-order valence-corrected chi connectivity index (χ4v) is 3.92. The van der Waals surface area contributed by atoms with Crippen molar-refractivity contribution >= 4 is 29.6 Å². The molecule has 18 nitrogen and oxygen atoms in total. The molecule has 0 aliphatic carbocycles.